The van der Waals surface area contributed by atoms with Crippen molar-refractivity contribution in [1.29, 1.82) is 0 Å². The van der Waals surface area contributed by atoms with E-state index in [0.29, 0.717) is 12.2 Å². The number of β-amino-alcohol motifs (C(OH)–C–C–N with tert-alkyl or cyclic N) is 1. The van der Waals surface area contributed by atoms with Crippen molar-refractivity contribution in [3.05, 3.63) is 64.4 Å². The van der Waals surface area contributed by atoms with Crippen LogP contribution in [0.25, 0.3) is 0 Å². The molecule has 4 nitrogen and oxygen atoms in total. The molecule has 2 N–H and O–H groups in total. The molecule has 1 atom stereocenters. The zero-order chi connectivity index (χ0) is 17.1. The molecule has 0 unspecified atom stereocenters. The van der Waals surface area contributed by atoms with Gasteiger partial charge >= 0.3 is 0 Å². The number of amides is 1. The van der Waals surface area contributed by atoms with Crippen LogP contribution < -0.4 is 5.32 Å². The Morgan fingerprint density at radius 2 is 2.17 bits per heavy atom. The zero-order valence-corrected chi connectivity index (χ0v) is 13.8. The molecule has 0 radical (unpaired) electrons. The topological polar surface area (TPSA) is 52.6 Å². The minimum atomic E-state index is -0.480. The summed E-state index contributed by atoms with van der Waals surface area (Å²) in [6.45, 7) is 2.25. The number of aliphatic hydroxyl groups excluding tert-OH is 1. The van der Waals surface area contributed by atoms with Crippen LogP contribution in [0.1, 0.15) is 22.3 Å². The molecule has 3 rings (SSSR count). The third-order valence-corrected chi connectivity index (χ3v) is 4.33. The maximum absolute atomic E-state index is 13.1. The highest BCUT2D eigenvalue weighted by Gasteiger charge is 2.20. The van der Waals surface area contributed by atoms with Gasteiger partial charge in [0.25, 0.3) is 5.91 Å². The van der Waals surface area contributed by atoms with E-state index in [1.165, 1.54) is 12.1 Å². The fourth-order valence-electron chi connectivity index (χ4n) is 2.83. The van der Waals surface area contributed by atoms with Crippen LogP contribution in [-0.2, 0) is 6.54 Å². The van der Waals surface area contributed by atoms with Crippen LogP contribution >= 0.6 is 11.6 Å². The predicted octanol–water partition coefficient (Wildman–Crippen LogP) is 3.30. The van der Waals surface area contributed by atoms with E-state index < -0.39 is 5.82 Å². The van der Waals surface area contributed by atoms with Gasteiger partial charge in [0.2, 0.25) is 0 Å². The number of nitrogens with zero attached hydrogens (tertiary/aromatic N) is 1. The van der Waals surface area contributed by atoms with Crippen LogP contribution in [0, 0.1) is 5.82 Å². The Hall–Kier alpha value is -1.95. The number of nitrogens with one attached hydrogen (secondary N) is 1. The Bertz CT molecular complexity index is 754. The summed E-state index contributed by atoms with van der Waals surface area (Å²) in [5.74, 6) is -0.861. The molecule has 2 aromatic rings. The van der Waals surface area contributed by atoms with E-state index in [-0.39, 0.29) is 22.6 Å². The molecule has 2 aromatic carbocycles. The molecule has 126 valence electrons. The van der Waals surface area contributed by atoms with Crippen LogP contribution in [0.4, 0.5) is 10.1 Å². The molecule has 6 heteroatoms. The molecule has 1 amide bonds. The van der Waals surface area contributed by atoms with Crippen LogP contribution in [0.5, 0.6) is 0 Å². The monoisotopic (exact) mass is 348 g/mol. The molecular formula is C18H18ClFN2O2. The van der Waals surface area contributed by atoms with E-state index >= 15 is 0 Å². The lowest BCUT2D eigenvalue weighted by atomic mass is 10.1. The van der Waals surface area contributed by atoms with Crippen molar-refractivity contribution < 1.29 is 14.3 Å². The van der Waals surface area contributed by atoms with Crippen LogP contribution in [0.15, 0.2) is 42.5 Å². The zero-order valence-electron chi connectivity index (χ0n) is 13.0. The summed E-state index contributed by atoms with van der Waals surface area (Å²) in [4.78, 5) is 14.5. The fourth-order valence-corrected chi connectivity index (χ4v) is 3.09. The number of aliphatic hydroxyl groups is 1. The van der Waals surface area contributed by atoms with Gasteiger partial charge in [-0.3, -0.25) is 9.69 Å². The quantitative estimate of drug-likeness (QED) is 0.891. The Balaban J connectivity index is 1.68. The van der Waals surface area contributed by atoms with Gasteiger partial charge in [-0.05, 0) is 42.3 Å². The molecule has 1 heterocycles. The van der Waals surface area contributed by atoms with Gasteiger partial charge in [0.15, 0.2) is 0 Å². The molecule has 1 aliphatic rings. The van der Waals surface area contributed by atoms with Crippen molar-refractivity contribution in [3.8, 4) is 0 Å². The Kier molecular flexibility index (Phi) is 5.14. The molecule has 0 bridgehead atoms. The van der Waals surface area contributed by atoms with E-state index in [9.17, 15) is 14.3 Å². The lowest BCUT2D eigenvalue weighted by molar-refractivity contribution is 0.102. The average molecular weight is 349 g/mol. The fraction of sp³-hybridized carbons (Fsp3) is 0.278. The highest BCUT2D eigenvalue weighted by Crippen LogP contribution is 2.20. The third kappa shape index (κ3) is 4.12. The van der Waals surface area contributed by atoms with Crippen molar-refractivity contribution in [3.63, 3.8) is 0 Å². The summed E-state index contributed by atoms with van der Waals surface area (Å²) in [5, 5.41) is 12.4. The molecule has 0 aliphatic carbocycles. The van der Waals surface area contributed by atoms with Crippen LogP contribution in [0.2, 0.25) is 5.02 Å². The highest BCUT2D eigenvalue weighted by molar-refractivity contribution is 6.34. The minimum absolute atomic E-state index is 0.0784. The third-order valence-electron chi connectivity index (χ3n) is 4.01. The smallest absolute Gasteiger partial charge is 0.257 e. The number of halogens is 2. The largest absolute Gasteiger partial charge is 0.392 e. The van der Waals surface area contributed by atoms with Gasteiger partial charge in [0.05, 0.1) is 16.7 Å². The van der Waals surface area contributed by atoms with Gasteiger partial charge in [0, 0.05) is 25.3 Å². The maximum Gasteiger partial charge on any atom is 0.257 e. The van der Waals surface area contributed by atoms with Crippen molar-refractivity contribution >= 4 is 23.2 Å². The SMILES string of the molecule is O=C(Nc1cccc(CN2CC[C@@H](O)C2)c1)c1ccc(F)cc1Cl. The second kappa shape index (κ2) is 7.30. The number of carbonyl (C=O) groups excluding carboxylic acids is 1. The number of benzene rings is 2. The first-order valence-electron chi connectivity index (χ1n) is 7.77. The second-order valence-electron chi connectivity index (χ2n) is 5.96. The van der Waals surface area contributed by atoms with Crippen molar-refractivity contribution in [1.82, 2.24) is 4.90 Å². The first-order valence-corrected chi connectivity index (χ1v) is 8.15. The van der Waals surface area contributed by atoms with Gasteiger partial charge in [0.1, 0.15) is 5.82 Å². The Morgan fingerprint density at radius 1 is 1.33 bits per heavy atom. The van der Waals surface area contributed by atoms with Crippen LogP contribution in [0.3, 0.4) is 0 Å². The standard InChI is InChI=1S/C18H18ClFN2O2/c19-17-9-13(20)4-5-16(17)18(24)21-14-3-1-2-12(8-14)10-22-7-6-15(23)11-22/h1-5,8-9,15,23H,6-7,10-11H2,(H,21,24)/t15-/m1/s1. The number of carbonyl (C=O) groups is 1. The van der Waals surface area contributed by atoms with E-state index in [1.807, 2.05) is 18.2 Å². The summed E-state index contributed by atoms with van der Waals surface area (Å²) in [6.07, 6.45) is 0.535. The Morgan fingerprint density at radius 3 is 2.88 bits per heavy atom. The molecule has 24 heavy (non-hydrogen) atoms. The van der Waals surface area contributed by atoms with Crippen molar-refractivity contribution in [2.45, 2.75) is 19.1 Å². The predicted molar refractivity (Wildman–Crippen MR) is 91.7 cm³/mol. The number of likely N-dealkylation sites (tertiary alicyclic amines) is 1. The summed E-state index contributed by atoms with van der Waals surface area (Å²) < 4.78 is 13.1. The van der Waals surface area contributed by atoms with Gasteiger partial charge < -0.3 is 10.4 Å². The van der Waals surface area contributed by atoms with Gasteiger partial charge in [-0.25, -0.2) is 4.39 Å². The number of hydrogen-bond donors (Lipinski definition) is 2. The molecule has 0 saturated carbocycles. The van der Waals surface area contributed by atoms with Crippen molar-refractivity contribution in [2.24, 2.45) is 0 Å². The van der Waals surface area contributed by atoms with Crippen molar-refractivity contribution in [2.75, 3.05) is 18.4 Å². The van der Waals surface area contributed by atoms with Crippen LogP contribution in [-0.4, -0.2) is 35.1 Å². The van der Waals surface area contributed by atoms with E-state index in [2.05, 4.69) is 10.2 Å². The number of rotatable bonds is 4. The summed E-state index contributed by atoms with van der Waals surface area (Å²) in [5.41, 5.74) is 1.93. The molecule has 1 saturated heterocycles. The molecule has 0 aromatic heterocycles. The summed E-state index contributed by atoms with van der Waals surface area (Å²) in [7, 11) is 0. The Labute approximate surface area is 144 Å². The highest BCUT2D eigenvalue weighted by atomic mass is 35.5. The minimum Gasteiger partial charge on any atom is -0.392 e. The average Bonchev–Trinajstić information content (AvgIpc) is 2.92. The van der Waals surface area contributed by atoms with E-state index in [4.69, 9.17) is 11.6 Å². The second-order valence-corrected chi connectivity index (χ2v) is 6.36. The molecule has 0 spiro atoms. The summed E-state index contributed by atoms with van der Waals surface area (Å²) in [6, 6.07) is 11.2. The van der Waals surface area contributed by atoms with E-state index in [0.717, 1.165) is 31.1 Å². The lowest BCUT2D eigenvalue weighted by Crippen LogP contribution is -2.21. The number of anilines is 1. The van der Waals surface area contributed by atoms with Gasteiger partial charge in [-0.15, -0.1) is 0 Å². The first kappa shape index (κ1) is 16.9. The normalized spacial score (nSPS) is 17.9. The lowest BCUT2D eigenvalue weighted by Gasteiger charge is -2.15. The molecule has 1 fully saturated rings. The number of hydrogen-bond acceptors (Lipinski definition) is 3. The summed E-state index contributed by atoms with van der Waals surface area (Å²) >= 11 is 5.92. The van der Waals surface area contributed by atoms with E-state index in [1.54, 1.807) is 6.07 Å². The first-order chi connectivity index (χ1) is 11.5. The van der Waals surface area contributed by atoms with Gasteiger partial charge in [-0.1, -0.05) is 23.7 Å². The molecule has 1 aliphatic heterocycles. The molecular weight excluding hydrogens is 331 g/mol. The van der Waals surface area contributed by atoms with Gasteiger partial charge in [-0.2, -0.15) is 0 Å². The maximum atomic E-state index is 13.1.